The molecule has 0 aliphatic carbocycles. The second-order valence-electron chi connectivity index (χ2n) is 5.44. The van der Waals surface area contributed by atoms with Crippen LogP contribution in [-0.2, 0) is 16.3 Å². The Morgan fingerprint density at radius 3 is 2.67 bits per heavy atom. The molecule has 2 aromatic rings. The van der Waals surface area contributed by atoms with E-state index in [-0.39, 0.29) is 11.8 Å². The number of nitrogens with zero attached hydrogens (tertiary/aromatic N) is 1. The third kappa shape index (κ3) is 5.10. The lowest BCUT2D eigenvalue weighted by molar-refractivity contribution is 0.527. The smallest absolute Gasteiger partial charge is 0.148 e. The first-order chi connectivity index (χ1) is 9.98. The number of para-hydroxylation sites is 1. The Hall–Kier alpha value is -1.46. The van der Waals surface area contributed by atoms with Gasteiger partial charge < -0.3 is 5.32 Å². The number of nitrogens with one attached hydrogen (secondary N) is 1. The van der Waals surface area contributed by atoms with Crippen LogP contribution in [0.2, 0.25) is 0 Å². The second kappa shape index (κ2) is 7.00. The number of rotatable bonds is 7. The first-order valence-electron chi connectivity index (χ1n) is 7.23. The molecule has 4 nitrogen and oxygen atoms in total. The van der Waals surface area contributed by atoms with Gasteiger partial charge in [0.1, 0.15) is 9.84 Å². The van der Waals surface area contributed by atoms with Crippen LogP contribution in [0.4, 0.5) is 0 Å². The minimum Gasteiger partial charge on any atom is -0.313 e. The number of aromatic nitrogens is 1. The van der Waals surface area contributed by atoms with E-state index in [1.165, 1.54) is 6.26 Å². The Kier molecular flexibility index (Phi) is 5.31. The number of fused-ring (bicyclic) bond motifs is 1. The molecule has 0 saturated carbocycles. The zero-order valence-corrected chi connectivity index (χ0v) is 13.4. The molecule has 1 N–H and O–H groups in total. The largest absolute Gasteiger partial charge is 0.313 e. The first kappa shape index (κ1) is 15.9. The molecule has 0 spiro atoms. The maximum atomic E-state index is 11.5. The molecule has 0 aliphatic rings. The Balaban J connectivity index is 2.16. The zero-order valence-electron chi connectivity index (χ0n) is 12.5. The van der Waals surface area contributed by atoms with Crippen molar-refractivity contribution in [3.8, 4) is 0 Å². The van der Waals surface area contributed by atoms with Crippen molar-refractivity contribution in [1.29, 1.82) is 0 Å². The molecule has 1 aromatic carbocycles. The molecule has 1 atom stereocenters. The van der Waals surface area contributed by atoms with Crippen LogP contribution in [0.25, 0.3) is 10.9 Å². The maximum absolute atomic E-state index is 11.5. The van der Waals surface area contributed by atoms with Gasteiger partial charge in [-0.05, 0) is 25.1 Å². The second-order valence-corrected chi connectivity index (χ2v) is 7.63. The predicted molar refractivity (Wildman–Crippen MR) is 87.2 cm³/mol. The van der Waals surface area contributed by atoms with Gasteiger partial charge in [0.15, 0.2) is 0 Å². The van der Waals surface area contributed by atoms with Gasteiger partial charge in [-0.1, -0.05) is 31.2 Å². The van der Waals surface area contributed by atoms with Crippen LogP contribution in [0.1, 0.15) is 19.0 Å². The third-order valence-electron chi connectivity index (χ3n) is 3.30. The third-order valence-corrected chi connectivity index (χ3v) is 4.31. The minimum atomic E-state index is -3.01. The highest BCUT2D eigenvalue weighted by Crippen LogP contribution is 2.13. The Bertz CT molecular complexity index is 698. The average Bonchev–Trinajstić information content (AvgIpc) is 2.43. The molecule has 0 bridgehead atoms. The number of hydrogen-bond acceptors (Lipinski definition) is 4. The van der Waals surface area contributed by atoms with Gasteiger partial charge in [-0.15, -0.1) is 0 Å². The van der Waals surface area contributed by atoms with Gasteiger partial charge in [0.05, 0.1) is 11.3 Å². The Morgan fingerprint density at radius 1 is 1.19 bits per heavy atom. The van der Waals surface area contributed by atoms with E-state index in [9.17, 15) is 8.42 Å². The van der Waals surface area contributed by atoms with E-state index in [0.29, 0.717) is 6.42 Å². The molecule has 0 fully saturated rings. The highest BCUT2D eigenvalue weighted by atomic mass is 32.2. The van der Waals surface area contributed by atoms with Crippen LogP contribution in [0.15, 0.2) is 36.4 Å². The summed E-state index contributed by atoms with van der Waals surface area (Å²) in [6.45, 7) is 2.88. The van der Waals surface area contributed by atoms with Crippen LogP contribution in [-0.4, -0.2) is 38.0 Å². The summed E-state index contributed by atoms with van der Waals surface area (Å²) >= 11 is 0. The quantitative estimate of drug-likeness (QED) is 0.852. The van der Waals surface area contributed by atoms with Gasteiger partial charge in [0.2, 0.25) is 0 Å². The molecule has 114 valence electrons. The van der Waals surface area contributed by atoms with Gasteiger partial charge in [0, 0.05) is 29.8 Å². The lowest BCUT2D eigenvalue weighted by Crippen LogP contribution is -2.37. The normalized spacial score (nSPS) is 13.4. The van der Waals surface area contributed by atoms with Crippen molar-refractivity contribution in [1.82, 2.24) is 10.3 Å². The molecular weight excluding hydrogens is 284 g/mol. The lowest BCUT2D eigenvalue weighted by Gasteiger charge is -2.17. The topological polar surface area (TPSA) is 59.1 Å². The molecule has 21 heavy (non-hydrogen) atoms. The Labute approximate surface area is 126 Å². The molecule has 0 saturated heterocycles. The van der Waals surface area contributed by atoms with Crippen LogP contribution in [0.3, 0.4) is 0 Å². The molecular formula is C16H22N2O2S. The molecule has 0 aliphatic heterocycles. The summed E-state index contributed by atoms with van der Waals surface area (Å²) in [4.78, 5) is 4.62. The summed E-state index contributed by atoms with van der Waals surface area (Å²) in [5.41, 5.74) is 1.87. The monoisotopic (exact) mass is 306 g/mol. The predicted octanol–water partition coefficient (Wildman–Crippen LogP) is 2.19. The van der Waals surface area contributed by atoms with Crippen molar-refractivity contribution in [3.63, 3.8) is 0 Å². The fraction of sp³-hybridized carbons (Fsp3) is 0.438. The summed E-state index contributed by atoms with van der Waals surface area (Å²) < 4.78 is 23.1. The van der Waals surface area contributed by atoms with E-state index in [1.54, 1.807) is 0 Å². The van der Waals surface area contributed by atoms with Crippen molar-refractivity contribution in [2.45, 2.75) is 25.8 Å². The van der Waals surface area contributed by atoms with Gasteiger partial charge in [-0.25, -0.2) is 8.42 Å². The SMILES string of the molecule is CCCNC(Cc1ccc2ccccc2n1)CS(C)(=O)=O. The average molecular weight is 306 g/mol. The first-order valence-corrected chi connectivity index (χ1v) is 9.30. The van der Waals surface area contributed by atoms with Gasteiger partial charge in [-0.2, -0.15) is 0 Å². The standard InChI is InChI=1S/C16H22N2O2S/c1-3-10-17-15(12-21(2,19)20)11-14-9-8-13-6-4-5-7-16(13)18-14/h4-9,15,17H,3,10-12H2,1-2H3. The molecule has 1 heterocycles. The molecule has 1 unspecified atom stereocenters. The summed E-state index contributed by atoms with van der Waals surface area (Å²) in [6.07, 6.45) is 2.88. The van der Waals surface area contributed by atoms with Crippen LogP contribution in [0, 0.1) is 0 Å². The molecule has 0 radical (unpaired) electrons. The number of sulfone groups is 1. The van der Waals surface area contributed by atoms with Crippen LogP contribution in [0.5, 0.6) is 0 Å². The fourth-order valence-corrected chi connectivity index (χ4v) is 3.34. The number of benzene rings is 1. The zero-order chi connectivity index (χ0) is 15.3. The van der Waals surface area contributed by atoms with Crippen molar-refractivity contribution in [2.24, 2.45) is 0 Å². The highest BCUT2D eigenvalue weighted by Gasteiger charge is 2.16. The summed E-state index contributed by atoms with van der Waals surface area (Å²) in [7, 11) is -3.01. The fourth-order valence-electron chi connectivity index (χ4n) is 2.38. The molecule has 2 rings (SSSR count). The summed E-state index contributed by atoms with van der Waals surface area (Å²) in [5, 5.41) is 4.40. The number of hydrogen-bond donors (Lipinski definition) is 1. The molecule has 0 amide bonds. The minimum absolute atomic E-state index is 0.0892. The van der Waals surface area contributed by atoms with E-state index in [1.807, 2.05) is 36.4 Å². The maximum Gasteiger partial charge on any atom is 0.148 e. The van der Waals surface area contributed by atoms with Crippen molar-refractivity contribution >= 4 is 20.7 Å². The van der Waals surface area contributed by atoms with Crippen molar-refractivity contribution in [2.75, 3.05) is 18.6 Å². The summed E-state index contributed by atoms with van der Waals surface area (Å²) in [6, 6.07) is 11.9. The Morgan fingerprint density at radius 2 is 1.95 bits per heavy atom. The van der Waals surface area contributed by atoms with E-state index in [0.717, 1.165) is 29.6 Å². The summed E-state index contributed by atoms with van der Waals surface area (Å²) in [5.74, 6) is 0.140. The lowest BCUT2D eigenvalue weighted by atomic mass is 10.1. The van der Waals surface area contributed by atoms with Gasteiger partial charge in [0.25, 0.3) is 0 Å². The molecule has 5 heteroatoms. The van der Waals surface area contributed by atoms with Crippen molar-refractivity contribution in [3.05, 3.63) is 42.1 Å². The van der Waals surface area contributed by atoms with Crippen LogP contribution < -0.4 is 5.32 Å². The van der Waals surface area contributed by atoms with E-state index >= 15 is 0 Å². The van der Waals surface area contributed by atoms with E-state index < -0.39 is 9.84 Å². The van der Waals surface area contributed by atoms with Gasteiger partial charge in [-0.3, -0.25) is 4.98 Å². The van der Waals surface area contributed by atoms with Crippen molar-refractivity contribution < 1.29 is 8.42 Å². The van der Waals surface area contributed by atoms with E-state index in [4.69, 9.17) is 0 Å². The van der Waals surface area contributed by atoms with Crippen LogP contribution >= 0.6 is 0 Å². The highest BCUT2D eigenvalue weighted by molar-refractivity contribution is 7.90. The number of pyridine rings is 1. The molecule has 1 aromatic heterocycles. The van der Waals surface area contributed by atoms with Gasteiger partial charge >= 0.3 is 0 Å². The van der Waals surface area contributed by atoms with E-state index in [2.05, 4.69) is 17.2 Å².